The molecule has 0 aliphatic carbocycles. The van der Waals surface area contributed by atoms with Crippen LogP contribution in [0.1, 0.15) is 115 Å². The van der Waals surface area contributed by atoms with Crippen LogP contribution in [-0.2, 0) is 59.2 Å². The van der Waals surface area contributed by atoms with E-state index in [0.29, 0.717) is 25.0 Å². The SMILES string of the molecule is NCCCC[C@H](NC(=O)[C@@H]1CCCN1C(=O)[C@@H](N)CCC(N)=O)C(=O)N[C@@H](CCCN=C(N)N)C(=O)N[C@@H](CCCN=C(N)N)C(=O)N[C@@H](CCCN=C(N)N)C(=O)N[C@@H](Cc1cnc[nH]1)C(=O)N[C@@H](CCCN=C(N)N)C(=O)N[C@@H](CCC(N)=O)C(=O)O. The number of aromatic nitrogens is 2. The molecule has 10 amide bonds. The number of aromatic amines is 1. The quantitative estimate of drug-likeness (QED) is 0.0164. The van der Waals surface area contributed by atoms with Gasteiger partial charge in [0.1, 0.15) is 48.3 Å². The zero-order valence-electron chi connectivity index (χ0n) is 49.9. The van der Waals surface area contributed by atoms with Crippen molar-refractivity contribution in [3.8, 4) is 0 Å². The Labute approximate surface area is 513 Å². The second-order valence-corrected chi connectivity index (χ2v) is 20.9. The average molecular weight is 1260 g/mol. The lowest BCUT2D eigenvalue weighted by Gasteiger charge is -2.29. The van der Waals surface area contributed by atoms with E-state index in [1.54, 1.807) is 0 Å². The number of aliphatic imine (C=N–C) groups is 4. The largest absolute Gasteiger partial charge is 0.480 e. The van der Waals surface area contributed by atoms with Gasteiger partial charge < -0.3 is 121 Å². The number of aliphatic carboxylic acids is 1. The number of rotatable bonds is 44. The number of hydrogen-bond acceptors (Lipinski definition) is 18. The first-order valence-electron chi connectivity index (χ1n) is 29.0. The maximum absolute atomic E-state index is 14.7. The number of H-pyrrole nitrogens is 1. The van der Waals surface area contributed by atoms with E-state index < -0.39 is 126 Å². The average Bonchev–Trinajstić information content (AvgIpc) is 2.18. The molecule has 0 bridgehead atoms. The first kappa shape index (κ1) is 75.5. The summed E-state index contributed by atoms with van der Waals surface area (Å²) in [5.74, 6) is -11.0. The minimum Gasteiger partial charge on any atom is -0.480 e. The van der Waals surface area contributed by atoms with Crippen molar-refractivity contribution >= 4 is 88.9 Å². The Bertz CT molecular complexity index is 2620. The number of likely N-dealkylation sites (tertiary alicyclic amines) is 1. The number of carbonyl (C=O) groups excluding carboxylic acids is 10. The van der Waals surface area contributed by atoms with Crippen LogP contribution < -0.4 is 106 Å². The first-order valence-corrected chi connectivity index (χ1v) is 29.0. The van der Waals surface area contributed by atoms with E-state index in [2.05, 4.69) is 67.2 Å². The van der Waals surface area contributed by atoms with Crippen LogP contribution in [0.5, 0.6) is 0 Å². The number of nitrogens with one attached hydrogen (secondary N) is 8. The molecule has 33 N–H and O–H groups in total. The summed E-state index contributed by atoms with van der Waals surface area (Å²) in [6.45, 7) is 0.284. The third-order valence-corrected chi connectivity index (χ3v) is 13.7. The number of primary amides is 2. The predicted octanol–water partition coefficient (Wildman–Crippen LogP) is -9.38. The van der Waals surface area contributed by atoms with E-state index >= 15 is 0 Å². The number of guanidine groups is 4. The van der Waals surface area contributed by atoms with Crippen molar-refractivity contribution in [3.63, 3.8) is 0 Å². The summed E-state index contributed by atoms with van der Waals surface area (Å²) in [4.78, 5) is 173. The molecule has 1 fully saturated rings. The zero-order valence-corrected chi connectivity index (χ0v) is 49.9. The predicted molar refractivity (Wildman–Crippen MR) is 326 cm³/mol. The van der Waals surface area contributed by atoms with Crippen LogP contribution in [-0.4, -0.2) is 202 Å². The third-order valence-electron chi connectivity index (χ3n) is 13.7. The van der Waals surface area contributed by atoms with E-state index in [-0.39, 0.29) is 153 Å². The number of carboxylic acid groups (broad SMARTS) is 1. The third kappa shape index (κ3) is 30.5. The molecule has 1 aromatic rings. The van der Waals surface area contributed by atoms with Crippen molar-refractivity contribution in [2.45, 2.75) is 170 Å². The minimum absolute atomic E-state index is 0.0128. The number of unbranched alkanes of at least 4 members (excludes halogenated alkanes) is 1. The summed E-state index contributed by atoms with van der Waals surface area (Å²) in [7, 11) is 0. The summed E-state index contributed by atoms with van der Waals surface area (Å²) >= 11 is 0. The number of amides is 10. The van der Waals surface area contributed by atoms with Crippen LogP contribution in [0.25, 0.3) is 0 Å². The molecule has 0 unspecified atom stereocenters. The highest BCUT2D eigenvalue weighted by Crippen LogP contribution is 2.20. The molecule has 38 nitrogen and oxygen atoms in total. The normalized spacial score (nSPS) is 15.3. The second kappa shape index (κ2) is 40.7. The summed E-state index contributed by atoms with van der Waals surface area (Å²) in [6, 6.07) is -12.6. The maximum atomic E-state index is 14.7. The number of nitrogens with two attached hydrogens (primary N) is 12. The molecular weight excluding hydrogens is 1170 g/mol. The molecule has 89 heavy (non-hydrogen) atoms. The molecule has 1 aliphatic heterocycles. The second-order valence-electron chi connectivity index (χ2n) is 20.9. The Morgan fingerprint density at radius 1 is 0.517 bits per heavy atom. The molecule has 2 heterocycles. The van der Waals surface area contributed by atoms with Crippen LogP contribution in [0.2, 0.25) is 0 Å². The van der Waals surface area contributed by atoms with Gasteiger partial charge in [-0.1, -0.05) is 0 Å². The lowest BCUT2D eigenvalue weighted by atomic mass is 10.0. The molecule has 1 saturated heterocycles. The monoisotopic (exact) mass is 1260 g/mol. The van der Waals surface area contributed by atoms with Gasteiger partial charge in [-0.3, -0.25) is 67.9 Å². The lowest BCUT2D eigenvalue weighted by molar-refractivity contribution is -0.142. The van der Waals surface area contributed by atoms with Gasteiger partial charge in [0, 0.05) is 63.9 Å². The van der Waals surface area contributed by atoms with Crippen molar-refractivity contribution in [2.24, 2.45) is 88.8 Å². The first-order chi connectivity index (χ1) is 42.1. The van der Waals surface area contributed by atoms with Crippen molar-refractivity contribution < 1.29 is 57.8 Å². The molecule has 9 atom stereocenters. The van der Waals surface area contributed by atoms with Gasteiger partial charge in [-0.15, -0.1) is 0 Å². The highest BCUT2D eigenvalue weighted by Gasteiger charge is 2.39. The Morgan fingerprint density at radius 2 is 0.888 bits per heavy atom. The summed E-state index contributed by atoms with van der Waals surface area (Å²) < 4.78 is 0. The van der Waals surface area contributed by atoms with Crippen molar-refractivity contribution in [1.29, 1.82) is 0 Å². The van der Waals surface area contributed by atoms with Gasteiger partial charge in [0.15, 0.2) is 23.8 Å². The van der Waals surface area contributed by atoms with Crippen molar-refractivity contribution in [2.75, 3.05) is 39.3 Å². The van der Waals surface area contributed by atoms with E-state index in [1.807, 2.05) is 0 Å². The van der Waals surface area contributed by atoms with Gasteiger partial charge in [-0.25, -0.2) is 9.78 Å². The molecule has 1 aliphatic rings. The van der Waals surface area contributed by atoms with E-state index in [1.165, 1.54) is 17.4 Å². The number of imidazole rings is 1. The summed E-state index contributed by atoms with van der Waals surface area (Å²) in [6.07, 6.45) is 2.36. The smallest absolute Gasteiger partial charge is 0.326 e. The number of nitrogens with zero attached hydrogens (tertiary/aromatic N) is 6. The van der Waals surface area contributed by atoms with E-state index in [0.717, 1.165) is 0 Å². The van der Waals surface area contributed by atoms with Crippen LogP contribution in [0.4, 0.5) is 0 Å². The standard InChI is InChI=1S/C51H92N26O12/c52-18-2-1-8-29(74-45(86)36-13-7-23-77(36)46(87)28(53)14-16-37(54)78)39(80)70-30(9-3-19-65-48(56)57)40(81)71-31(10-4-20-66-49(58)59)41(82)72-33(12-6-22-68-51(62)63)43(84)76-35(24-27-25-64-26-69-27)44(85)73-32(11-5-21-67-50(60)61)42(83)75-34(47(88)89)15-17-38(55)79/h25-26,28-36H,1-24,52-53H2,(H2,54,78)(H2,55,79)(H,64,69)(H,70,80)(H,71,81)(H,72,82)(H,73,85)(H,74,86)(H,75,83)(H,76,84)(H,88,89)(H4,56,57,65)(H4,58,59,66)(H4,60,61,67)(H4,62,63,68)/t28-,29-,30-,31-,32-,33-,34-,35-,36-/m0/s1. The fourth-order valence-electron chi connectivity index (χ4n) is 9.06. The van der Waals surface area contributed by atoms with Crippen molar-refractivity contribution in [3.05, 3.63) is 18.2 Å². The molecule has 1 aromatic heterocycles. The topological polar surface area (TPSA) is 686 Å². The van der Waals surface area contributed by atoms with Gasteiger partial charge in [0.2, 0.25) is 59.1 Å². The maximum Gasteiger partial charge on any atom is 0.326 e. The molecular formula is C51H92N26O12. The fraction of sp³-hybridized carbons (Fsp3) is 0.647. The highest BCUT2D eigenvalue weighted by atomic mass is 16.4. The molecule has 0 saturated carbocycles. The molecule has 2 rings (SSSR count). The fourth-order valence-corrected chi connectivity index (χ4v) is 9.06. The van der Waals surface area contributed by atoms with Gasteiger partial charge >= 0.3 is 5.97 Å². The van der Waals surface area contributed by atoms with Crippen LogP contribution >= 0.6 is 0 Å². The molecule has 38 heteroatoms. The zero-order chi connectivity index (χ0) is 66.6. The van der Waals surface area contributed by atoms with Gasteiger partial charge in [0.05, 0.1) is 12.4 Å². The van der Waals surface area contributed by atoms with E-state index in [9.17, 15) is 57.8 Å². The molecule has 0 radical (unpaired) electrons. The Hall–Kier alpha value is -9.62. The minimum atomic E-state index is -1.61. The van der Waals surface area contributed by atoms with Crippen molar-refractivity contribution in [1.82, 2.24) is 52.1 Å². The Balaban J connectivity index is 2.62. The summed E-state index contributed by atoms with van der Waals surface area (Å²) in [5.41, 5.74) is 67.0. The van der Waals surface area contributed by atoms with Crippen LogP contribution in [0.15, 0.2) is 32.5 Å². The van der Waals surface area contributed by atoms with Gasteiger partial charge in [-0.05, 0) is 103 Å². The Kier molecular flexibility index (Phi) is 34.5. The highest BCUT2D eigenvalue weighted by molar-refractivity contribution is 5.98. The van der Waals surface area contributed by atoms with Crippen LogP contribution in [0, 0.1) is 0 Å². The summed E-state index contributed by atoms with van der Waals surface area (Å²) in [5, 5.41) is 28.0. The van der Waals surface area contributed by atoms with Gasteiger partial charge in [-0.2, -0.15) is 0 Å². The Morgan fingerprint density at radius 3 is 1.26 bits per heavy atom. The number of hydrogen-bond donors (Lipinski definition) is 21. The number of carboxylic acids is 1. The van der Waals surface area contributed by atoms with Gasteiger partial charge in [0.25, 0.3) is 0 Å². The van der Waals surface area contributed by atoms with E-state index in [4.69, 9.17) is 68.8 Å². The molecule has 498 valence electrons. The lowest BCUT2D eigenvalue weighted by Crippen LogP contribution is -2.60. The van der Waals surface area contributed by atoms with Crippen LogP contribution in [0.3, 0.4) is 0 Å². The molecule has 0 spiro atoms. The number of carbonyl (C=O) groups is 11. The molecule has 0 aromatic carbocycles.